The Morgan fingerprint density at radius 2 is 2.31 bits per heavy atom. The van der Waals surface area contributed by atoms with E-state index in [1.165, 1.54) is 5.57 Å². The molecule has 0 radical (unpaired) electrons. The molecule has 0 aromatic carbocycles. The Bertz CT molecular complexity index is 275. The summed E-state index contributed by atoms with van der Waals surface area (Å²) in [6.45, 7) is 9.64. The normalized spacial score (nSPS) is 10.3. The van der Waals surface area contributed by atoms with Crippen LogP contribution in [-0.4, -0.2) is 6.54 Å². The number of aryl methyl sites for hydroxylation is 1. The Labute approximate surface area is 79.6 Å². The Hall–Kier alpha value is -1.02. The van der Waals surface area contributed by atoms with Crippen molar-refractivity contribution in [1.82, 2.24) is 5.32 Å². The minimum Gasteiger partial charge on any atom is -0.465 e. The van der Waals surface area contributed by atoms with E-state index in [-0.39, 0.29) is 0 Å². The number of rotatable bonds is 5. The monoisotopic (exact) mass is 179 g/mol. The average molecular weight is 179 g/mol. The van der Waals surface area contributed by atoms with Crippen LogP contribution in [0.15, 0.2) is 28.7 Å². The SMILES string of the molecule is C=C(CC)CNCc1ccc(C)o1. The van der Waals surface area contributed by atoms with Gasteiger partial charge in [0.25, 0.3) is 0 Å². The molecular formula is C11H17NO. The summed E-state index contributed by atoms with van der Waals surface area (Å²) in [5, 5.41) is 3.27. The van der Waals surface area contributed by atoms with E-state index < -0.39 is 0 Å². The summed E-state index contributed by atoms with van der Waals surface area (Å²) in [7, 11) is 0. The lowest BCUT2D eigenvalue weighted by Gasteiger charge is -2.03. The molecule has 0 amide bonds. The van der Waals surface area contributed by atoms with Crippen LogP contribution in [0.2, 0.25) is 0 Å². The van der Waals surface area contributed by atoms with Crippen LogP contribution in [0.4, 0.5) is 0 Å². The second-order valence-electron chi connectivity index (χ2n) is 3.22. The molecular weight excluding hydrogens is 162 g/mol. The largest absolute Gasteiger partial charge is 0.465 e. The van der Waals surface area contributed by atoms with Crippen molar-refractivity contribution in [2.24, 2.45) is 0 Å². The van der Waals surface area contributed by atoms with Gasteiger partial charge in [-0.25, -0.2) is 0 Å². The second-order valence-corrected chi connectivity index (χ2v) is 3.22. The highest BCUT2D eigenvalue weighted by Crippen LogP contribution is 2.05. The van der Waals surface area contributed by atoms with Crippen molar-refractivity contribution in [2.75, 3.05) is 6.54 Å². The standard InChI is InChI=1S/C11H17NO/c1-4-9(2)7-12-8-11-6-5-10(3)13-11/h5-6,12H,2,4,7-8H2,1,3H3. The molecule has 1 heterocycles. The van der Waals surface area contributed by atoms with Crippen LogP contribution >= 0.6 is 0 Å². The van der Waals surface area contributed by atoms with Crippen molar-refractivity contribution >= 4 is 0 Å². The predicted molar refractivity (Wildman–Crippen MR) is 54.6 cm³/mol. The molecule has 0 atom stereocenters. The third-order valence-corrected chi connectivity index (χ3v) is 1.97. The zero-order chi connectivity index (χ0) is 9.68. The summed E-state index contributed by atoms with van der Waals surface area (Å²) in [6, 6.07) is 3.97. The first kappa shape index (κ1) is 10.1. The molecule has 1 aromatic rings. The van der Waals surface area contributed by atoms with Gasteiger partial charge in [-0.3, -0.25) is 0 Å². The van der Waals surface area contributed by atoms with Gasteiger partial charge in [-0.1, -0.05) is 19.1 Å². The van der Waals surface area contributed by atoms with Crippen LogP contribution in [0.1, 0.15) is 24.9 Å². The summed E-state index contributed by atoms with van der Waals surface area (Å²) in [5.41, 5.74) is 1.23. The van der Waals surface area contributed by atoms with Gasteiger partial charge in [0.15, 0.2) is 0 Å². The minimum absolute atomic E-state index is 0.785. The lowest BCUT2D eigenvalue weighted by atomic mass is 10.2. The van der Waals surface area contributed by atoms with E-state index in [1.807, 2.05) is 19.1 Å². The van der Waals surface area contributed by atoms with Gasteiger partial charge in [0.05, 0.1) is 6.54 Å². The van der Waals surface area contributed by atoms with Crippen molar-refractivity contribution in [2.45, 2.75) is 26.8 Å². The fourth-order valence-electron chi connectivity index (χ4n) is 1.07. The fourth-order valence-corrected chi connectivity index (χ4v) is 1.07. The van der Waals surface area contributed by atoms with Crippen LogP contribution in [0.5, 0.6) is 0 Å². The smallest absolute Gasteiger partial charge is 0.117 e. The van der Waals surface area contributed by atoms with Crippen LogP contribution in [0.3, 0.4) is 0 Å². The molecule has 1 rings (SSSR count). The predicted octanol–water partition coefficient (Wildman–Crippen LogP) is 2.64. The molecule has 0 spiro atoms. The van der Waals surface area contributed by atoms with E-state index in [4.69, 9.17) is 4.42 Å². The maximum atomic E-state index is 5.41. The minimum atomic E-state index is 0.785. The molecule has 0 unspecified atom stereocenters. The highest BCUT2D eigenvalue weighted by molar-refractivity contribution is 5.05. The second kappa shape index (κ2) is 4.87. The van der Waals surface area contributed by atoms with Gasteiger partial charge >= 0.3 is 0 Å². The van der Waals surface area contributed by atoms with Crippen molar-refractivity contribution in [3.8, 4) is 0 Å². The summed E-state index contributed by atoms with van der Waals surface area (Å²) < 4.78 is 5.41. The van der Waals surface area contributed by atoms with Crippen molar-refractivity contribution in [1.29, 1.82) is 0 Å². The van der Waals surface area contributed by atoms with E-state index >= 15 is 0 Å². The van der Waals surface area contributed by atoms with Crippen molar-refractivity contribution in [3.63, 3.8) is 0 Å². The molecule has 0 saturated heterocycles. The maximum absolute atomic E-state index is 5.41. The summed E-state index contributed by atoms with van der Waals surface area (Å²) in [5.74, 6) is 1.95. The third-order valence-electron chi connectivity index (χ3n) is 1.97. The Morgan fingerprint density at radius 3 is 2.85 bits per heavy atom. The molecule has 0 aliphatic heterocycles. The molecule has 1 aromatic heterocycles. The molecule has 1 N–H and O–H groups in total. The summed E-state index contributed by atoms with van der Waals surface area (Å²) in [4.78, 5) is 0. The molecule has 13 heavy (non-hydrogen) atoms. The molecule has 2 nitrogen and oxygen atoms in total. The first-order valence-corrected chi connectivity index (χ1v) is 4.65. The molecule has 0 aliphatic rings. The van der Waals surface area contributed by atoms with Crippen LogP contribution in [0, 0.1) is 6.92 Å². The van der Waals surface area contributed by atoms with E-state index in [1.54, 1.807) is 0 Å². The number of furan rings is 1. The van der Waals surface area contributed by atoms with Gasteiger partial charge in [-0.15, -0.1) is 0 Å². The highest BCUT2D eigenvalue weighted by Gasteiger charge is 1.97. The fraction of sp³-hybridized carbons (Fsp3) is 0.455. The molecule has 2 heteroatoms. The lowest BCUT2D eigenvalue weighted by Crippen LogP contribution is -2.15. The first-order chi connectivity index (χ1) is 6.22. The molecule has 0 saturated carbocycles. The van der Waals surface area contributed by atoms with Gasteiger partial charge < -0.3 is 9.73 Å². The molecule has 0 aliphatic carbocycles. The Balaban J connectivity index is 2.24. The van der Waals surface area contributed by atoms with Crippen LogP contribution < -0.4 is 5.32 Å². The van der Waals surface area contributed by atoms with Gasteiger partial charge in [-0.05, 0) is 25.5 Å². The Kier molecular flexibility index (Phi) is 3.77. The number of hydrogen-bond acceptors (Lipinski definition) is 2. The molecule has 72 valence electrons. The van der Waals surface area contributed by atoms with E-state index in [0.29, 0.717) is 0 Å². The molecule has 0 fully saturated rings. The van der Waals surface area contributed by atoms with Gasteiger partial charge in [0.2, 0.25) is 0 Å². The van der Waals surface area contributed by atoms with Crippen LogP contribution in [0.25, 0.3) is 0 Å². The highest BCUT2D eigenvalue weighted by atomic mass is 16.3. The van der Waals surface area contributed by atoms with E-state index in [9.17, 15) is 0 Å². The lowest BCUT2D eigenvalue weighted by molar-refractivity contribution is 0.466. The zero-order valence-electron chi connectivity index (χ0n) is 8.39. The maximum Gasteiger partial charge on any atom is 0.117 e. The average Bonchev–Trinajstić information content (AvgIpc) is 2.51. The summed E-state index contributed by atoms with van der Waals surface area (Å²) in [6.07, 6.45) is 1.03. The van der Waals surface area contributed by atoms with E-state index in [0.717, 1.165) is 31.0 Å². The molecule has 0 bridgehead atoms. The summed E-state index contributed by atoms with van der Waals surface area (Å²) >= 11 is 0. The Morgan fingerprint density at radius 1 is 1.54 bits per heavy atom. The van der Waals surface area contributed by atoms with Gasteiger partial charge in [0, 0.05) is 6.54 Å². The van der Waals surface area contributed by atoms with E-state index in [2.05, 4.69) is 18.8 Å². The van der Waals surface area contributed by atoms with Crippen molar-refractivity contribution < 1.29 is 4.42 Å². The zero-order valence-corrected chi connectivity index (χ0v) is 8.39. The van der Waals surface area contributed by atoms with Crippen molar-refractivity contribution in [3.05, 3.63) is 35.8 Å². The van der Waals surface area contributed by atoms with Crippen LogP contribution in [-0.2, 0) is 6.54 Å². The number of hydrogen-bond donors (Lipinski definition) is 1. The first-order valence-electron chi connectivity index (χ1n) is 4.65. The third kappa shape index (κ3) is 3.47. The van der Waals surface area contributed by atoms with Gasteiger partial charge in [0.1, 0.15) is 11.5 Å². The van der Waals surface area contributed by atoms with Gasteiger partial charge in [-0.2, -0.15) is 0 Å². The topological polar surface area (TPSA) is 25.2 Å². The number of nitrogens with one attached hydrogen (secondary N) is 1. The quantitative estimate of drug-likeness (QED) is 0.703.